The Kier molecular flexibility index (Phi) is 3.38. The van der Waals surface area contributed by atoms with Gasteiger partial charge in [0.1, 0.15) is 5.60 Å². The number of aliphatic hydroxyl groups excluding tert-OH is 1. The van der Waals surface area contributed by atoms with E-state index in [1.165, 1.54) is 0 Å². The number of hydrogen-bond donors (Lipinski definition) is 2. The second-order valence-electron chi connectivity index (χ2n) is 9.11. The number of hydrogen-bond acceptors (Lipinski definition) is 3. The number of carbonyl (C=O) groups excluding carboxylic acids is 1. The summed E-state index contributed by atoms with van der Waals surface area (Å²) in [6.45, 7) is 4.42. The Morgan fingerprint density at radius 3 is 2.62 bits per heavy atom. The van der Waals surface area contributed by atoms with Gasteiger partial charge in [-0.25, -0.2) is 0 Å². The van der Waals surface area contributed by atoms with Crippen LogP contribution in [-0.4, -0.2) is 27.7 Å². The van der Waals surface area contributed by atoms with Crippen LogP contribution in [0.25, 0.3) is 0 Å². The van der Waals surface area contributed by atoms with Gasteiger partial charge in [-0.2, -0.15) is 0 Å². The Hall–Kier alpha value is -1.11. The zero-order valence-electron chi connectivity index (χ0n) is 14.7. The van der Waals surface area contributed by atoms with Crippen molar-refractivity contribution >= 4 is 5.78 Å². The minimum atomic E-state index is -1.04. The van der Waals surface area contributed by atoms with Crippen molar-refractivity contribution in [1.29, 1.82) is 0 Å². The van der Waals surface area contributed by atoms with Crippen molar-refractivity contribution in [2.75, 3.05) is 0 Å². The number of fused-ring (bicyclic) bond motifs is 5. The van der Waals surface area contributed by atoms with Crippen molar-refractivity contribution in [2.45, 2.75) is 70.5 Å². The molecule has 0 unspecified atom stereocenters. The maximum atomic E-state index is 11.9. The lowest BCUT2D eigenvalue weighted by molar-refractivity contribution is -0.137. The topological polar surface area (TPSA) is 57.5 Å². The van der Waals surface area contributed by atoms with Crippen LogP contribution in [0.4, 0.5) is 0 Å². The first kappa shape index (κ1) is 16.4. The van der Waals surface area contributed by atoms with Gasteiger partial charge in [0.15, 0.2) is 5.78 Å². The van der Waals surface area contributed by atoms with Gasteiger partial charge in [-0.1, -0.05) is 25.3 Å². The summed E-state index contributed by atoms with van der Waals surface area (Å²) in [6, 6.07) is 0. The van der Waals surface area contributed by atoms with E-state index in [9.17, 15) is 15.0 Å². The molecule has 0 aromatic carbocycles. The predicted octanol–water partition coefficient (Wildman–Crippen LogP) is 2.85. The number of aliphatic hydroxyl groups is 2. The third-order valence-corrected chi connectivity index (χ3v) is 8.37. The number of carbonyl (C=O) groups is 1. The maximum absolute atomic E-state index is 11.9. The van der Waals surface area contributed by atoms with Crippen molar-refractivity contribution in [2.24, 2.45) is 28.6 Å². The van der Waals surface area contributed by atoms with Crippen LogP contribution in [-0.2, 0) is 4.79 Å². The van der Waals surface area contributed by atoms with Crippen LogP contribution in [0, 0.1) is 40.9 Å². The van der Waals surface area contributed by atoms with E-state index in [1.54, 1.807) is 0 Å². The van der Waals surface area contributed by atoms with Gasteiger partial charge in [-0.15, -0.1) is 6.42 Å². The van der Waals surface area contributed by atoms with E-state index in [-0.39, 0.29) is 28.4 Å². The van der Waals surface area contributed by atoms with Gasteiger partial charge in [0.25, 0.3) is 0 Å². The molecular formula is C21H28O3. The highest BCUT2D eigenvalue weighted by molar-refractivity contribution is 5.91. The first-order valence-electron chi connectivity index (χ1n) is 9.37. The van der Waals surface area contributed by atoms with Crippen molar-refractivity contribution < 1.29 is 15.0 Å². The highest BCUT2D eigenvalue weighted by Gasteiger charge is 2.65. The molecule has 0 saturated heterocycles. The van der Waals surface area contributed by atoms with Gasteiger partial charge < -0.3 is 10.2 Å². The monoisotopic (exact) mass is 328 g/mol. The quantitative estimate of drug-likeness (QED) is 0.672. The highest BCUT2D eigenvalue weighted by atomic mass is 16.3. The lowest BCUT2D eigenvalue weighted by Crippen LogP contribution is -2.58. The molecule has 24 heavy (non-hydrogen) atoms. The minimum Gasteiger partial charge on any atom is -0.392 e. The fourth-order valence-electron chi connectivity index (χ4n) is 6.78. The summed E-state index contributed by atoms with van der Waals surface area (Å²) in [5.74, 6) is 3.72. The second-order valence-corrected chi connectivity index (χ2v) is 9.11. The molecule has 3 fully saturated rings. The Bertz CT molecular complexity index is 658. The third-order valence-electron chi connectivity index (χ3n) is 8.37. The SMILES string of the molecule is C#C[C@]1(O)CC[C@H]2[C@@H]3[C@H](O)CC4=CC(=O)CC[C@]4(C)[C@H]3CC[C@@]21C. The Labute approximate surface area is 144 Å². The molecular weight excluding hydrogens is 300 g/mol. The van der Waals surface area contributed by atoms with E-state index in [0.29, 0.717) is 25.2 Å². The summed E-state index contributed by atoms with van der Waals surface area (Å²) in [7, 11) is 0. The average molecular weight is 328 g/mol. The molecule has 130 valence electrons. The molecule has 3 nitrogen and oxygen atoms in total. The Balaban J connectivity index is 1.75. The van der Waals surface area contributed by atoms with Crippen LogP contribution in [0.15, 0.2) is 11.6 Å². The van der Waals surface area contributed by atoms with Gasteiger partial charge >= 0.3 is 0 Å². The van der Waals surface area contributed by atoms with Crippen LogP contribution < -0.4 is 0 Å². The van der Waals surface area contributed by atoms with Crippen LogP contribution in [0.1, 0.15) is 58.8 Å². The fourth-order valence-corrected chi connectivity index (χ4v) is 6.78. The lowest BCUT2D eigenvalue weighted by Gasteiger charge is -2.59. The molecule has 0 bridgehead atoms. The molecule has 0 aliphatic heterocycles. The molecule has 2 N–H and O–H groups in total. The lowest BCUT2D eigenvalue weighted by atomic mass is 9.46. The second kappa shape index (κ2) is 4.96. The summed E-state index contributed by atoms with van der Waals surface area (Å²) in [5, 5.41) is 22.0. The molecule has 0 aromatic rings. The standard InChI is InChI=1S/C21H28O3/c1-4-21(24)10-7-16-18-15(6-9-20(16,21)3)19(2)8-5-14(22)11-13(19)12-17(18)23/h1,11,15-18,23-24H,5-10,12H2,2-3H3/t15-,16-,17+,18+,19-,20-,21-/m0/s1. The normalized spacial score (nSPS) is 53.5. The zero-order valence-corrected chi connectivity index (χ0v) is 14.7. The number of terminal acetylenes is 1. The Morgan fingerprint density at radius 1 is 1.21 bits per heavy atom. The van der Waals surface area contributed by atoms with Gasteiger partial charge in [0.05, 0.1) is 6.10 Å². The molecule has 0 amide bonds. The summed E-state index contributed by atoms with van der Waals surface area (Å²) in [4.78, 5) is 11.9. The van der Waals surface area contributed by atoms with E-state index in [4.69, 9.17) is 6.42 Å². The molecule has 3 heteroatoms. The van der Waals surface area contributed by atoms with Gasteiger partial charge in [-0.05, 0) is 67.8 Å². The molecule has 0 aromatic heterocycles. The molecule has 4 aliphatic rings. The van der Waals surface area contributed by atoms with E-state index in [1.807, 2.05) is 6.08 Å². The highest BCUT2D eigenvalue weighted by Crippen LogP contribution is 2.67. The molecule has 0 heterocycles. The first-order chi connectivity index (χ1) is 11.2. The van der Waals surface area contributed by atoms with E-state index < -0.39 is 11.7 Å². The zero-order chi connectivity index (χ0) is 17.3. The van der Waals surface area contributed by atoms with Crippen LogP contribution >= 0.6 is 0 Å². The van der Waals surface area contributed by atoms with E-state index in [2.05, 4.69) is 19.8 Å². The molecule has 0 radical (unpaired) electrons. The number of rotatable bonds is 0. The average Bonchev–Trinajstić information content (AvgIpc) is 2.82. The largest absolute Gasteiger partial charge is 0.392 e. The Morgan fingerprint density at radius 2 is 1.92 bits per heavy atom. The van der Waals surface area contributed by atoms with Crippen molar-refractivity contribution in [3.63, 3.8) is 0 Å². The van der Waals surface area contributed by atoms with Crippen molar-refractivity contribution in [1.82, 2.24) is 0 Å². The third kappa shape index (κ3) is 1.85. The van der Waals surface area contributed by atoms with E-state index in [0.717, 1.165) is 31.3 Å². The van der Waals surface area contributed by atoms with Gasteiger partial charge in [-0.3, -0.25) is 4.79 Å². The fraction of sp³-hybridized carbons (Fsp3) is 0.762. The summed E-state index contributed by atoms with van der Waals surface area (Å²) >= 11 is 0. The number of ketones is 1. The summed E-state index contributed by atoms with van der Waals surface area (Å²) in [6.07, 6.45) is 12.6. The molecule has 0 spiro atoms. The molecule has 4 aliphatic carbocycles. The van der Waals surface area contributed by atoms with Gasteiger partial charge in [0.2, 0.25) is 0 Å². The van der Waals surface area contributed by atoms with Crippen LogP contribution in [0.2, 0.25) is 0 Å². The molecule has 4 rings (SSSR count). The van der Waals surface area contributed by atoms with Crippen LogP contribution in [0.5, 0.6) is 0 Å². The van der Waals surface area contributed by atoms with E-state index >= 15 is 0 Å². The summed E-state index contributed by atoms with van der Waals surface area (Å²) in [5.41, 5.74) is -0.162. The summed E-state index contributed by atoms with van der Waals surface area (Å²) < 4.78 is 0. The van der Waals surface area contributed by atoms with Crippen LogP contribution in [0.3, 0.4) is 0 Å². The molecule has 7 atom stereocenters. The maximum Gasteiger partial charge on any atom is 0.155 e. The minimum absolute atomic E-state index is 0.0238. The first-order valence-corrected chi connectivity index (χ1v) is 9.37. The predicted molar refractivity (Wildman–Crippen MR) is 91.9 cm³/mol. The van der Waals surface area contributed by atoms with Crippen molar-refractivity contribution in [3.8, 4) is 12.3 Å². The van der Waals surface area contributed by atoms with Gasteiger partial charge in [0, 0.05) is 11.8 Å². The smallest absolute Gasteiger partial charge is 0.155 e. The molecule has 3 saturated carbocycles. The van der Waals surface area contributed by atoms with Crippen molar-refractivity contribution in [3.05, 3.63) is 11.6 Å².